The lowest BCUT2D eigenvalue weighted by Gasteiger charge is -2.21. The molecule has 1 aromatic carbocycles. The zero-order valence-electron chi connectivity index (χ0n) is 17.6. The van der Waals surface area contributed by atoms with Gasteiger partial charge in [0, 0.05) is 17.8 Å². The lowest BCUT2D eigenvalue weighted by Crippen LogP contribution is -2.46. The first-order valence-corrected chi connectivity index (χ1v) is 9.73. The number of halogens is 1. The Morgan fingerprint density at radius 2 is 1.74 bits per heavy atom. The maximum absolute atomic E-state index is 12.7. The van der Waals surface area contributed by atoms with Gasteiger partial charge in [-0.2, -0.15) is 0 Å². The highest BCUT2D eigenvalue weighted by Gasteiger charge is 2.27. The van der Waals surface area contributed by atoms with E-state index in [1.807, 2.05) is 0 Å². The molecule has 0 saturated carbocycles. The SMILES string of the molecule is COc1cc(OC)cc(C(=O)N[C@H](C(=O)OCC(=O)Nc2cccnc2Cl)C(C)C)c1. The van der Waals surface area contributed by atoms with Gasteiger partial charge < -0.3 is 24.8 Å². The summed E-state index contributed by atoms with van der Waals surface area (Å²) in [5.41, 5.74) is 0.546. The van der Waals surface area contributed by atoms with Gasteiger partial charge in [0.2, 0.25) is 0 Å². The predicted molar refractivity (Wildman–Crippen MR) is 114 cm³/mol. The van der Waals surface area contributed by atoms with E-state index in [2.05, 4.69) is 15.6 Å². The second-order valence-corrected chi connectivity index (χ2v) is 7.15. The van der Waals surface area contributed by atoms with E-state index in [0.717, 1.165) is 0 Å². The van der Waals surface area contributed by atoms with Gasteiger partial charge in [-0.3, -0.25) is 9.59 Å². The van der Waals surface area contributed by atoms with E-state index in [0.29, 0.717) is 17.2 Å². The van der Waals surface area contributed by atoms with Gasteiger partial charge in [0.05, 0.1) is 19.9 Å². The van der Waals surface area contributed by atoms with Crippen LogP contribution in [0.15, 0.2) is 36.5 Å². The van der Waals surface area contributed by atoms with Gasteiger partial charge in [0.1, 0.15) is 17.5 Å². The number of pyridine rings is 1. The molecule has 0 unspecified atom stereocenters. The fourth-order valence-electron chi connectivity index (χ4n) is 2.55. The Hall–Kier alpha value is -3.33. The van der Waals surface area contributed by atoms with E-state index in [1.54, 1.807) is 32.0 Å². The second-order valence-electron chi connectivity index (χ2n) is 6.79. The van der Waals surface area contributed by atoms with Gasteiger partial charge in [-0.1, -0.05) is 25.4 Å². The van der Waals surface area contributed by atoms with Crippen molar-refractivity contribution in [1.29, 1.82) is 0 Å². The normalized spacial score (nSPS) is 11.4. The molecule has 0 spiro atoms. The third-order valence-corrected chi connectivity index (χ3v) is 4.50. The van der Waals surface area contributed by atoms with Crippen LogP contribution >= 0.6 is 11.6 Å². The molecular formula is C21H24ClN3O6. The average molecular weight is 450 g/mol. The molecule has 31 heavy (non-hydrogen) atoms. The van der Waals surface area contributed by atoms with Crippen LogP contribution in [0, 0.1) is 5.92 Å². The second kappa shape index (κ2) is 11.2. The maximum Gasteiger partial charge on any atom is 0.329 e. The van der Waals surface area contributed by atoms with Crippen molar-refractivity contribution in [3.05, 3.63) is 47.2 Å². The summed E-state index contributed by atoms with van der Waals surface area (Å²) in [4.78, 5) is 41.1. The van der Waals surface area contributed by atoms with Gasteiger partial charge >= 0.3 is 5.97 Å². The zero-order valence-corrected chi connectivity index (χ0v) is 18.4. The van der Waals surface area contributed by atoms with Gasteiger partial charge in [-0.25, -0.2) is 9.78 Å². The minimum atomic E-state index is -0.973. The molecule has 0 aliphatic carbocycles. The van der Waals surface area contributed by atoms with Crippen LogP contribution in [0.2, 0.25) is 5.15 Å². The van der Waals surface area contributed by atoms with E-state index in [1.165, 1.54) is 32.5 Å². The Kier molecular flexibility index (Phi) is 8.63. The number of rotatable bonds is 9. The van der Waals surface area contributed by atoms with Crippen molar-refractivity contribution in [3.63, 3.8) is 0 Å². The number of hydrogen-bond acceptors (Lipinski definition) is 7. The summed E-state index contributed by atoms with van der Waals surface area (Å²) >= 11 is 5.88. The number of benzene rings is 1. The quantitative estimate of drug-likeness (QED) is 0.446. The Labute approximate surface area is 185 Å². The molecule has 0 fully saturated rings. The van der Waals surface area contributed by atoms with Gasteiger partial charge in [-0.05, 0) is 30.2 Å². The number of methoxy groups -OCH3 is 2. The fourth-order valence-corrected chi connectivity index (χ4v) is 2.72. The summed E-state index contributed by atoms with van der Waals surface area (Å²) in [5, 5.41) is 5.24. The molecule has 1 heterocycles. The molecule has 0 bridgehead atoms. The van der Waals surface area contributed by atoms with Crippen molar-refractivity contribution >= 4 is 35.1 Å². The minimum absolute atomic E-state index is 0.114. The number of nitrogens with zero attached hydrogens (tertiary/aromatic N) is 1. The van der Waals surface area contributed by atoms with Gasteiger partial charge in [-0.15, -0.1) is 0 Å². The fraction of sp³-hybridized carbons (Fsp3) is 0.333. The molecule has 2 rings (SSSR count). The van der Waals surface area contributed by atoms with E-state index in [4.69, 9.17) is 25.8 Å². The molecule has 2 aromatic rings. The van der Waals surface area contributed by atoms with Gasteiger partial charge in [0.15, 0.2) is 11.8 Å². The van der Waals surface area contributed by atoms with Gasteiger partial charge in [0.25, 0.3) is 11.8 Å². The van der Waals surface area contributed by atoms with Crippen LogP contribution in [0.3, 0.4) is 0 Å². The molecule has 166 valence electrons. The predicted octanol–water partition coefficient (Wildman–Crippen LogP) is 2.69. The van der Waals surface area contributed by atoms with Crippen molar-refractivity contribution in [2.75, 3.05) is 26.1 Å². The van der Waals surface area contributed by atoms with Crippen molar-refractivity contribution in [2.45, 2.75) is 19.9 Å². The van der Waals surface area contributed by atoms with Crippen molar-refractivity contribution in [1.82, 2.24) is 10.3 Å². The van der Waals surface area contributed by atoms with Crippen molar-refractivity contribution in [2.24, 2.45) is 5.92 Å². The lowest BCUT2D eigenvalue weighted by molar-refractivity contribution is -0.150. The van der Waals surface area contributed by atoms with Crippen LogP contribution in [-0.2, 0) is 14.3 Å². The monoisotopic (exact) mass is 449 g/mol. The molecule has 2 amide bonds. The molecule has 0 aliphatic heterocycles. The highest BCUT2D eigenvalue weighted by atomic mass is 35.5. The molecular weight excluding hydrogens is 426 g/mol. The minimum Gasteiger partial charge on any atom is -0.497 e. The largest absolute Gasteiger partial charge is 0.497 e. The Balaban J connectivity index is 2.01. The number of anilines is 1. The number of nitrogens with one attached hydrogen (secondary N) is 2. The summed E-state index contributed by atoms with van der Waals surface area (Å²) in [7, 11) is 2.93. The first-order valence-electron chi connectivity index (χ1n) is 9.36. The number of carbonyl (C=O) groups is 3. The number of hydrogen-bond donors (Lipinski definition) is 2. The molecule has 0 radical (unpaired) electrons. The molecule has 9 nitrogen and oxygen atoms in total. The summed E-state index contributed by atoms with van der Waals surface area (Å²) in [6.07, 6.45) is 1.48. The van der Waals surface area contributed by atoms with E-state index in [-0.39, 0.29) is 16.6 Å². The molecule has 2 N–H and O–H groups in total. The molecule has 0 aliphatic rings. The summed E-state index contributed by atoms with van der Waals surface area (Å²) in [6.45, 7) is 2.94. The lowest BCUT2D eigenvalue weighted by atomic mass is 10.0. The Morgan fingerprint density at radius 3 is 2.29 bits per heavy atom. The first-order chi connectivity index (χ1) is 14.7. The van der Waals surface area contributed by atoms with E-state index in [9.17, 15) is 14.4 Å². The number of carbonyl (C=O) groups excluding carboxylic acids is 3. The third-order valence-electron chi connectivity index (χ3n) is 4.20. The third kappa shape index (κ3) is 6.85. The van der Waals surface area contributed by atoms with Crippen LogP contribution in [0.1, 0.15) is 24.2 Å². The van der Waals surface area contributed by atoms with E-state index < -0.39 is 30.4 Å². The Bertz CT molecular complexity index is 928. The average Bonchev–Trinajstić information content (AvgIpc) is 2.76. The molecule has 10 heteroatoms. The summed E-state index contributed by atoms with van der Waals surface area (Å²) in [6, 6.07) is 6.86. The van der Waals surface area contributed by atoms with Crippen LogP contribution in [0.4, 0.5) is 5.69 Å². The molecule has 1 atom stereocenters. The van der Waals surface area contributed by atoms with E-state index >= 15 is 0 Å². The van der Waals surface area contributed by atoms with Crippen LogP contribution in [-0.4, -0.2) is 49.6 Å². The Morgan fingerprint density at radius 1 is 1.10 bits per heavy atom. The van der Waals surface area contributed by atoms with Crippen molar-refractivity contribution in [3.8, 4) is 11.5 Å². The number of ether oxygens (including phenoxy) is 3. The highest BCUT2D eigenvalue weighted by molar-refractivity contribution is 6.32. The maximum atomic E-state index is 12.7. The van der Waals surface area contributed by atoms with Crippen LogP contribution < -0.4 is 20.1 Å². The van der Waals surface area contributed by atoms with Crippen molar-refractivity contribution < 1.29 is 28.6 Å². The number of amides is 2. The topological polar surface area (TPSA) is 116 Å². The smallest absolute Gasteiger partial charge is 0.329 e. The zero-order chi connectivity index (χ0) is 23.0. The number of esters is 1. The summed E-state index contributed by atoms with van der Waals surface area (Å²) < 4.78 is 15.4. The van der Waals surface area contributed by atoms with Crippen LogP contribution in [0.25, 0.3) is 0 Å². The molecule has 0 saturated heterocycles. The number of aromatic nitrogens is 1. The molecule has 1 aromatic heterocycles. The summed E-state index contributed by atoms with van der Waals surface area (Å²) in [5.74, 6) is -1.28. The first kappa shape index (κ1) is 23.9. The highest BCUT2D eigenvalue weighted by Crippen LogP contribution is 2.23. The van der Waals surface area contributed by atoms with Crippen LogP contribution in [0.5, 0.6) is 11.5 Å². The standard InChI is InChI=1S/C21H24ClN3O6/c1-12(2)18(25-20(27)13-8-14(29-3)10-15(9-13)30-4)21(28)31-11-17(26)24-16-6-5-7-23-19(16)22/h5-10,12,18H,11H2,1-4H3,(H,24,26)(H,25,27)/t18-/m0/s1.